The molecule has 1 atom stereocenters. The molecule has 0 spiro atoms. The topological polar surface area (TPSA) is 104 Å². The third-order valence-electron chi connectivity index (χ3n) is 2.78. The molecular weight excluding hydrogens is 262 g/mol. The van der Waals surface area contributed by atoms with E-state index in [0.29, 0.717) is 12.2 Å². The van der Waals surface area contributed by atoms with Gasteiger partial charge >= 0.3 is 11.8 Å². The lowest BCUT2D eigenvalue weighted by molar-refractivity contribution is -0.136. The van der Waals surface area contributed by atoms with Gasteiger partial charge in [0.15, 0.2) is 5.82 Å². The number of hydrogen-bond acceptors (Lipinski definition) is 5. The number of anilines is 1. The van der Waals surface area contributed by atoms with Crippen molar-refractivity contribution in [2.24, 2.45) is 5.41 Å². The van der Waals surface area contributed by atoms with Crippen molar-refractivity contribution >= 4 is 17.6 Å². The molecule has 0 saturated carbocycles. The zero-order chi connectivity index (χ0) is 15.3. The van der Waals surface area contributed by atoms with Gasteiger partial charge in [0.05, 0.1) is 6.10 Å². The van der Waals surface area contributed by atoms with Crippen LogP contribution in [-0.2, 0) is 9.59 Å². The minimum Gasteiger partial charge on any atom is -0.393 e. The van der Waals surface area contributed by atoms with Gasteiger partial charge in [-0.15, -0.1) is 0 Å². The van der Waals surface area contributed by atoms with Crippen LogP contribution in [0.2, 0.25) is 0 Å². The number of hydrogen-bond donors (Lipinski definition) is 3. The maximum Gasteiger partial charge on any atom is 0.314 e. The number of amides is 2. The third kappa shape index (κ3) is 5.00. The van der Waals surface area contributed by atoms with Gasteiger partial charge in [-0.3, -0.25) is 14.9 Å². The van der Waals surface area contributed by atoms with Crippen LogP contribution in [0.15, 0.2) is 10.6 Å². The van der Waals surface area contributed by atoms with Gasteiger partial charge in [-0.25, -0.2) is 0 Å². The highest BCUT2D eigenvalue weighted by Crippen LogP contribution is 2.20. The molecule has 112 valence electrons. The first-order valence-electron chi connectivity index (χ1n) is 6.40. The minimum absolute atomic E-state index is 0.192. The van der Waals surface area contributed by atoms with Gasteiger partial charge in [0.25, 0.3) is 0 Å². The summed E-state index contributed by atoms with van der Waals surface area (Å²) in [4.78, 5) is 23.0. The van der Waals surface area contributed by atoms with Crippen molar-refractivity contribution in [3.05, 3.63) is 11.8 Å². The minimum atomic E-state index is -0.816. The zero-order valence-electron chi connectivity index (χ0n) is 12.2. The van der Waals surface area contributed by atoms with Gasteiger partial charge in [0.1, 0.15) is 5.76 Å². The lowest BCUT2D eigenvalue weighted by atomic mass is 9.87. The molecule has 0 fully saturated rings. The number of nitrogens with zero attached hydrogens (tertiary/aromatic N) is 1. The Morgan fingerprint density at radius 3 is 2.55 bits per heavy atom. The second kappa shape index (κ2) is 6.51. The van der Waals surface area contributed by atoms with Crippen molar-refractivity contribution in [3.63, 3.8) is 0 Å². The summed E-state index contributed by atoms with van der Waals surface area (Å²) in [6, 6.07) is 1.51. The van der Waals surface area contributed by atoms with Gasteiger partial charge in [-0.1, -0.05) is 25.9 Å². The Morgan fingerprint density at radius 1 is 1.40 bits per heavy atom. The molecule has 1 aromatic heterocycles. The first kappa shape index (κ1) is 16.2. The van der Waals surface area contributed by atoms with E-state index in [0.717, 1.165) is 0 Å². The summed E-state index contributed by atoms with van der Waals surface area (Å²) in [5, 5.41) is 18.1. The first-order chi connectivity index (χ1) is 9.20. The number of rotatable bonds is 4. The normalized spacial score (nSPS) is 12.8. The standard InChI is InChI=1S/C13H21N3O4/c1-8-7-10(16-20-8)15-12(19)11(18)14-6-5-9(17)13(2,3)4/h7,9,17H,5-6H2,1-4H3,(H,14,18)(H,15,16,19)/t9-/m1/s1. The predicted octanol–water partition coefficient (Wildman–Crippen LogP) is 0.835. The summed E-state index contributed by atoms with van der Waals surface area (Å²) in [6.45, 7) is 7.61. The predicted molar refractivity (Wildman–Crippen MR) is 73.0 cm³/mol. The number of aromatic nitrogens is 1. The molecule has 1 rings (SSSR count). The number of nitrogens with one attached hydrogen (secondary N) is 2. The Balaban J connectivity index is 2.34. The fraction of sp³-hybridized carbons (Fsp3) is 0.615. The molecule has 2 amide bonds. The van der Waals surface area contributed by atoms with Crippen LogP contribution in [0.3, 0.4) is 0 Å². The highest BCUT2D eigenvalue weighted by Gasteiger charge is 2.22. The second-order valence-electron chi connectivity index (χ2n) is 5.70. The maximum atomic E-state index is 11.5. The Hall–Kier alpha value is -1.89. The summed E-state index contributed by atoms with van der Waals surface area (Å²) in [6.07, 6.45) is -0.171. The van der Waals surface area contributed by atoms with Crippen LogP contribution >= 0.6 is 0 Å². The molecule has 0 aliphatic rings. The molecule has 0 saturated heterocycles. The van der Waals surface area contributed by atoms with Crippen molar-refractivity contribution in [2.45, 2.75) is 40.2 Å². The third-order valence-corrected chi connectivity index (χ3v) is 2.78. The Kier molecular flexibility index (Phi) is 5.26. The molecule has 0 radical (unpaired) electrons. The van der Waals surface area contributed by atoms with Crippen molar-refractivity contribution in [2.75, 3.05) is 11.9 Å². The SMILES string of the molecule is Cc1cc(NC(=O)C(=O)NCC[C@@H](O)C(C)(C)C)no1. The van der Waals surface area contributed by atoms with E-state index in [1.165, 1.54) is 6.07 Å². The van der Waals surface area contributed by atoms with Crippen molar-refractivity contribution in [1.29, 1.82) is 0 Å². The molecule has 0 unspecified atom stereocenters. The van der Waals surface area contributed by atoms with Crippen LogP contribution in [0, 0.1) is 12.3 Å². The van der Waals surface area contributed by atoms with E-state index >= 15 is 0 Å². The van der Waals surface area contributed by atoms with Crippen LogP contribution in [0.1, 0.15) is 33.0 Å². The summed E-state index contributed by atoms with van der Waals surface area (Å²) in [7, 11) is 0. The van der Waals surface area contributed by atoms with E-state index < -0.39 is 17.9 Å². The maximum absolute atomic E-state index is 11.5. The van der Waals surface area contributed by atoms with Crippen LogP contribution in [0.25, 0.3) is 0 Å². The molecule has 3 N–H and O–H groups in total. The fourth-order valence-corrected chi connectivity index (χ4v) is 1.43. The molecule has 1 heterocycles. The molecule has 7 heteroatoms. The van der Waals surface area contributed by atoms with Crippen molar-refractivity contribution < 1.29 is 19.2 Å². The van der Waals surface area contributed by atoms with E-state index in [1.807, 2.05) is 20.8 Å². The number of carbonyl (C=O) groups is 2. The molecule has 7 nitrogen and oxygen atoms in total. The van der Waals surface area contributed by atoms with Gasteiger partial charge in [0.2, 0.25) is 0 Å². The molecule has 0 aliphatic carbocycles. The summed E-state index contributed by atoms with van der Waals surface area (Å²) in [5.74, 6) is -0.860. The number of carbonyl (C=O) groups excluding carboxylic acids is 2. The largest absolute Gasteiger partial charge is 0.393 e. The van der Waals surface area contributed by atoms with E-state index in [4.69, 9.17) is 4.52 Å². The van der Waals surface area contributed by atoms with E-state index in [-0.39, 0.29) is 17.8 Å². The zero-order valence-corrected chi connectivity index (χ0v) is 12.2. The Labute approximate surface area is 117 Å². The molecule has 0 aliphatic heterocycles. The highest BCUT2D eigenvalue weighted by molar-refractivity contribution is 6.39. The average molecular weight is 283 g/mol. The van der Waals surface area contributed by atoms with Crippen LogP contribution in [0.4, 0.5) is 5.82 Å². The highest BCUT2D eigenvalue weighted by atomic mass is 16.5. The second-order valence-corrected chi connectivity index (χ2v) is 5.70. The molecule has 20 heavy (non-hydrogen) atoms. The Bertz CT molecular complexity index is 476. The molecule has 0 aromatic carbocycles. The van der Waals surface area contributed by atoms with Crippen LogP contribution < -0.4 is 10.6 Å². The lowest BCUT2D eigenvalue weighted by Gasteiger charge is -2.25. The first-order valence-corrected chi connectivity index (χ1v) is 6.40. The number of aliphatic hydroxyl groups excluding tert-OH is 1. The van der Waals surface area contributed by atoms with Crippen LogP contribution in [0.5, 0.6) is 0 Å². The monoisotopic (exact) mass is 283 g/mol. The fourth-order valence-electron chi connectivity index (χ4n) is 1.43. The van der Waals surface area contributed by atoms with Crippen molar-refractivity contribution in [3.8, 4) is 0 Å². The number of aliphatic hydroxyl groups is 1. The summed E-state index contributed by atoms with van der Waals surface area (Å²) < 4.78 is 4.77. The number of aryl methyl sites for hydroxylation is 1. The quantitative estimate of drug-likeness (QED) is 0.710. The summed E-state index contributed by atoms with van der Waals surface area (Å²) in [5.41, 5.74) is -0.259. The molecule has 0 bridgehead atoms. The van der Waals surface area contributed by atoms with E-state index in [9.17, 15) is 14.7 Å². The van der Waals surface area contributed by atoms with Gasteiger partial charge in [-0.2, -0.15) is 0 Å². The molecular formula is C13H21N3O4. The van der Waals surface area contributed by atoms with Crippen LogP contribution in [-0.4, -0.2) is 34.7 Å². The van der Waals surface area contributed by atoms with Gasteiger partial charge in [-0.05, 0) is 18.8 Å². The summed E-state index contributed by atoms with van der Waals surface area (Å²) >= 11 is 0. The van der Waals surface area contributed by atoms with Gasteiger partial charge < -0.3 is 14.9 Å². The average Bonchev–Trinajstić information content (AvgIpc) is 2.73. The van der Waals surface area contributed by atoms with Crippen molar-refractivity contribution in [1.82, 2.24) is 10.5 Å². The van der Waals surface area contributed by atoms with Gasteiger partial charge in [0, 0.05) is 12.6 Å². The Morgan fingerprint density at radius 2 is 2.05 bits per heavy atom. The smallest absolute Gasteiger partial charge is 0.314 e. The molecule has 1 aromatic rings. The van der Waals surface area contributed by atoms with E-state index in [2.05, 4.69) is 15.8 Å². The lowest BCUT2D eigenvalue weighted by Crippen LogP contribution is -2.38. The van der Waals surface area contributed by atoms with E-state index in [1.54, 1.807) is 6.92 Å².